The van der Waals surface area contributed by atoms with Gasteiger partial charge in [0.05, 0.1) is 11.4 Å². The molecular weight excluding hydrogens is 374 g/mol. The first-order valence-corrected chi connectivity index (χ1v) is 10.3. The lowest BCUT2D eigenvalue weighted by Crippen LogP contribution is -2.42. The Morgan fingerprint density at radius 3 is 2.65 bits per heavy atom. The summed E-state index contributed by atoms with van der Waals surface area (Å²) in [6, 6.07) is 6.79. The second kappa shape index (κ2) is 7.13. The van der Waals surface area contributed by atoms with Crippen LogP contribution in [0.25, 0.3) is 0 Å². The summed E-state index contributed by atoms with van der Waals surface area (Å²) in [4.78, 5) is 13.0. The largest absolute Gasteiger partial charge is 0.294 e. The highest BCUT2D eigenvalue weighted by Gasteiger charge is 2.36. The van der Waals surface area contributed by atoms with E-state index in [2.05, 4.69) is 5.10 Å². The number of halogens is 1. The lowest BCUT2D eigenvalue weighted by atomic mass is 9.91. The molecule has 140 valence electrons. The predicted octanol–water partition coefficient (Wildman–Crippen LogP) is 2.97. The molecular formula is C18H22ClN3O3S. The smallest absolute Gasteiger partial charge is 0.246 e. The first-order chi connectivity index (χ1) is 12.2. The molecule has 0 bridgehead atoms. The summed E-state index contributed by atoms with van der Waals surface area (Å²) in [5, 5.41) is 4.71. The highest BCUT2D eigenvalue weighted by atomic mass is 35.5. The number of carbonyl (C=O) groups is 1. The maximum atomic E-state index is 13.1. The van der Waals surface area contributed by atoms with Crippen LogP contribution in [0, 0.1) is 19.8 Å². The van der Waals surface area contributed by atoms with Gasteiger partial charge in [0.1, 0.15) is 4.90 Å². The summed E-state index contributed by atoms with van der Waals surface area (Å²) in [6.45, 7) is 4.03. The minimum Gasteiger partial charge on any atom is -0.294 e. The Hall–Kier alpha value is -1.70. The third kappa shape index (κ3) is 3.43. The van der Waals surface area contributed by atoms with Gasteiger partial charge in [0, 0.05) is 36.6 Å². The second-order valence-electron chi connectivity index (χ2n) is 6.70. The Labute approximate surface area is 158 Å². The Morgan fingerprint density at radius 2 is 2.04 bits per heavy atom. The Balaban J connectivity index is 1.87. The molecule has 1 aromatic heterocycles. The van der Waals surface area contributed by atoms with E-state index < -0.39 is 10.0 Å². The maximum Gasteiger partial charge on any atom is 0.246 e. The third-order valence-electron chi connectivity index (χ3n) is 4.90. The van der Waals surface area contributed by atoms with Crippen LogP contribution in [0.4, 0.5) is 0 Å². The molecule has 1 aromatic carbocycles. The van der Waals surface area contributed by atoms with Crippen molar-refractivity contribution in [2.75, 3.05) is 13.1 Å². The normalized spacial score (nSPS) is 18.8. The van der Waals surface area contributed by atoms with Crippen molar-refractivity contribution in [2.45, 2.75) is 31.6 Å². The number of aryl methyl sites for hydroxylation is 2. The number of hydrogen-bond acceptors (Lipinski definition) is 4. The van der Waals surface area contributed by atoms with Gasteiger partial charge in [-0.15, -0.1) is 0 Å². The van der Waals surface area contributed by atoms with E-state index in [1.54, 1.807) is 49.8 Å². The molecule has 8 heteroatoms. The number of hydrogen-bond donors (Lipinski definition) is 0. The van der Waals surface area contributed by atoms with Gasteiger partial charge in [0.15, 0.2) is 5.78 Å². The quantitative estimate of drug-likeness (QED) is 0.746. The Kier molecular flexibility index (Phi) is 5.23. The zero-order chi connectivity index (χ0) is 19.1. The van der Waals surface area contributed by atoms with Crippen molar-refractivity contribution >= 4 is 27.4 Å². The topological polar surface area (TPSA) is 72.3 Å². The van der Waals surface area contributed by atoms with Gasteiger partial charge in [-0.25, -0.2) is 8.42 Å². The van der Waals surface area contributed by atoms with Crippen LogP contribution in [0.2, 0.25) is 5.02 Å². The van der Waals surface area contributed by atoms with Gasteiger partial charge >= 0.3 is 0 Å². The van der Waals surface area contributed by atoms with E-state index >= 15 is 0 Å². The fourth-order valence-corrected chi connectivity index (χ4v) is 5.62. The van der Waals surface area contributed by atoms with Crippen molar-refractivity contribution in [3.8, 4) is 0 Å². The summed E-state index contributed by atoms with van der Waals surface area (Å²) >= 11 is 5.98. The Bertz CT molecular complexity index is 953. The lowest BCUT2D eigenvalue weighted by molar-refractivity contribution is 0.0872. The summed E-state index contributed by atoms with van der Waals surface area (Å²) in [6.07, 6.45) is 1.32. The van der Waals surface area contributed by atoms with E-state index in [9.17, 15) is 13.2 Å². The monoisotopic (exact) mass is 395 g/mol. The number of nitrogens with zero attached hydrogens (tertiary/aromatic N) is 3. The number of piperidine rings is 1. The molecule has 1 aliphatic rings. The predicted molar refractivity (Wildman–Crippen MR) is 99.9 cm³/mol. The first kappa shape index (κ1) is 19.1. The standard InChI is InChI=1S/C18H22ClN3O3S/c1-12-18(13(2)21(3)20-12)26(24,25)22-9-5-7-15(11-22)17(23)14-6-4-8-16(19)10-14/h4,6,8,10,15H,5,7,9,11H2,1-3H3/t15-/m1/s1. The van der Waals surface area contributed by atoms with E-state index in [1.165, 1.54) is 4.31 Å². The molecule has 3 rings (SSSR count). The molecule has 2 aromatic rings. The first-order valence-electron chi connectivity index (χ1n) is 8.52. The van der Waals surface area contributed by atoms with Gasteiger partial charge in [-0.2, -0.15) is 9.40 Å². The van der Waals surface area contributed by atoms with Crippen LogP contribution in [0.3, 0.4) is 0 Å². The van der Waals surface area contributed by atoms with E-state index in [0.717, 1.165) is 0 Å². The highest BCUT2D eigenvalue weighted by Crippen LogP contribution is 2.29. The summed E-state index contributed by atoms with van der Waals surface area (Å²) in [5.74, 6) is -0.429. The molecule has 6 nitrogen and oxygen atoms in total. The zero-order valence-corrected chi connectivity index (χ0v) is 16.6. The van der Waals surface area contributed by atoms with Crippen molar-refractivity contribution in [3.63, 3.8) is 0 Å². The molecule has 1 atom stereocenters. The number of benzene rings is 1. The van der Waals surface area contributed by atoms with Crippen LogP contribution in [-0.4, -0.2) is 41.4 Å². The molecule has 0 N–H and O–H groups in total. The SMILES string of the molecule is Cc1nn(C)c(C)c1S(=O)(=O)N1CCC[C@@H](C(=O)c2cccc(Cl)c2)C1. The van der Waals surface area contributed by atoms with Gasteiger partial charge in [-0.3, -0.25) is 9.48 Å². The number of ketones is 1. The van der Waals surface area contributed by atoms with E-state index in [1.807, 2.05) is 0 Å². The molecule has 2 heterocycles. The maximum absolute atomic E-state index is 13.1. The van der Waals surface area contributed by atoms with E-state index in [4.69, 9.17) is 11.6 Å². The van der Waals surface area contributed by atoms with Crippen molar-refractivity contribution in [1.29, 1.82) is 0 Å². The van der Waals surface area contributed by atoms with Crippen molar-refractivity contribution in [2.24, 2.45) is 13.0 Å². The fraction of sp³-hybridized carbons (Fsp3) is 0.444. The van der Waals surface area contributed by atoms with Crippen LogP contribution >= 0.6 is 11.6 Å². The van der Waals surface area contributed by atoms with Gasteiger partial charge in [0.25, 0.3) is 0 Å². The van der Waals surface area contributed by atoms with Crippen molar-refractivity contribution in [1.82, 2.24) is 14.1 Å². The fourth-order valence-electron chi connectivity index (χ4n) is 3.51. The summed E-state index contributed by atoms with van der Waals surface area (Å²) in [7, 11) is -1.96. The van der Waals surface area contributed by atoms with Crippen molar-refractivity contribution in [3.05, 3.63) is 46.2 Å². The van der Waals surface area contributed by atoms with Crippen LogP contribution in [0.15, 0.2) is 29.2 Å². The van der Waals surface area contributed by atoms with E-state index in [-0.39, 0.29) is 23.1 Å². The van der Waals surface area contributed by atoms with Crippen LogP contribution < -0.4 is 0 Å². The van der Waals surface area contributed by atoms with Crippen LogP contribution in [0.5, 0.6) is 0 Å². The average Bonchev–Trinajstić information content (AvgIpc) is 2.87. The molecule has 0 spiro atoms. The number of sulfonamides is 1. The molecule has 0 amide bonds. The van der Waals surface area contributed by atoms with Crippen LogP contribution in [-0.2, 0) is 17.1 Å². The minimum absolute atomic E-state index is 0.0629. The second-order valence-corrected chi connectivity index (χ2v) is 9.01. The van der Waals surface area contributed by atoms with Gasteiger partial charge in [-0.1, -0.05) is 23.7 Å². The van der Waals surface area contributed by atoms with E-state index in [0.29, 0.717) is 41.4 Å². The molecule has 0 saturated carbocycles. The summed E-state index contributed by atoms with van der Waals surface area (Å²) in [5.41, 5.74) is 1.61. The van der Waals surface area contributed by atoms with Gasteiger partial charge in [0.2, 0.25) is 10.0 Å². The molecule has 0 radical (unpaired) electrons. The molecule has 0 aliphatic carbocycles. The average molecular weight is 396 g/mol. The molecule has 1 aliphatic heterocycles. The molecule has 26 heavy (non-hydrogen) atoms. The lowest BCUT2D eigenvalue weighted by Gasteiger charge is -2.31. The van der Waals surface area contributed by atoms with Crippen LogP contribution in [0.1, 0.15) is 34.6 Å². The molecule has 0 unspecified atom stereocenters. The minimum atomic E-state index is -3.69. The van der Waals surface area contributed by atoms with Crippen molar-refractivity contribution < 1.29 is 13.2 Å². The number of Topliss-reactive ketones (excluding diaryl/α,β-unsaturated/α-hetero) is 1. The molecule has 1 saturated heterocycles. The Morgan fingerprint density at radius 1 is 1.31 bits per heavy atom. The highest BCUT2D eigenvalue weighted by molar-refractivity contribution is 7.89. The van der Waals surface area contributed by atoms with Gasteiger partial charge in [-0.05, 0) is 38.8 Å². The zero-order valence-electron chi connectivity index (χ0n) is 15.1. The molecule has 1 fully saturated rings. The third-order valence-corrected chi connectivity index (χ3v) is 7.26. The summed E-state index contributed by atoms with van der Waals surface area (Å²) < 4.78 is 29.3. The number of carbonyl (C=O) groups excluding carboxylic acids is 1. The number of aromatic nitrogens is 2. The number of rotatable bonds is 4. The van der Waals surface area contributed by atoms with Gasteiger partial charge < -0.3 is 0 Å².